The fraction of sp³-hybridized carbons (Fsp3) is 0.667. The smallest absolute Gasteiger partial charge is 0.227 e. The van der Waals surface area contributed by atoms with E-state index in [1.54, 1.807) is 11.3 Å². The highest BCUT2D eigenvalue weighted by molar-refractivity contribution is 9.09. The molecule has 1 amide bonds. The lowest BCUT2D eigenvalue weighted by molar-refractivity contribution is -0.122. The predicted molar refractivity (Wildman–Crippen MR) is 85.2 cm³/mol. The summed E-state index contributed by atoms with van der Waals surface area (Å²) in [7, 11) is 0. The number of amides is 1. The maximum Gasteiger partial charge on any atom is 0.227 e. The second-order valence-corrected chi connectivity index (χ2v) is 7.08. The third-order valence-electron chi connectivity index (χ3n) is 3.80. The number of carbonyl (C=O) groups is 1. The molecule has 0 spiro atoms. The van der Waals surface area contributed by atoms with E-state index in [4.69, 9.17) is 0 Å². The van der Waals surface area contributed by atoms with Gasteiger partial charge in [0, 0.05) is 16.8 Å². The standard InChI is InChI=1S/C15H22BrNOS/c1-11(10-16)4-3-8-17-15(18)13-5-2-6-14-12(13)7-9-19-14/h7,9,11,13H,2-6,8,10H2,1H3,(H,17,18). The zero-order valence-electron chi connectivity index (χ0n) is 11.5. The van der Waals surface area contributed by atoms with Gasteiger partial charge in [-0.15, -0.1) is 11.3 Å². The highest BCUT2D eigenvalue weighted by atomic mass is 79.9. The lowest BCUT2D eigenvalue weighted by Crippen LogP contribution is -2.31. The minimum absolute atomic E-state index is 0.101. The maximum absolute atomic E-state index is 12.3. The number of fused-ring (bicyclic) bond motifs is 1. The van der Waals surface area contributed by atoms with Gasteiger partial charge in [0.05, 0.1) is 5.92 Å². The molecule has 2 nitrogen and oxygen atoms in total. The van der Waals surface area contributed by atoms with Gasteiger partial charge >= 0.3 is 0 Å². The van der Waals surface area contributed by atoms with Crippen LogP contribution in [0.3, 0.4) is 0 Å². The summed E-state index contributed by atoms with van der Waals surface area (Å²) in [5, 5.41) is 6.28. The first-order valence-corrected chi connectivity index (χ1v) is 9.12. The largest absolute Gasteiger partial charge is 0.356 e. The molecule has 0 radical (unpaired) electrons. The Morgan fingerprint density at radius 2 is 2.47 bits per heavy atom. The number of halogens is 1. The third kappa shape index (κ3) is 4.06. The molecule has 2 unspecified atom stereocenters. The average Bonchev–Trinajstić information content (AvgIpc) is 2.91. The molecule has 0 saturated heterocycles. The summed E-state index contributed by atoms with van der Waals surface area (Å²) in [6, 6.07) is 2.14. The van der Waals surface area contributed by atoms with Crippen LogP contribution < -0.4 is 5.32 Å². The monoisotopic (exact) mass is 343 g/mol. The van der Waals surface area contributed by atoms with Gasteiger partial charge in [-0.25, -0.2) is 0 Å². The van der Waals surface area contributed by atoms with E-state index in [1.807, 2.05) is 0 Å². The number of rotatable bonds is 6. The van der Waals surface area contributed by atoms with Gasteiger partial charge in [-0.1, -0.05) is 22.9 Å². The summed E-state index contributed by atoms with van der Waals surface area (Å²) in [6.45, 7) is 3.04. The molecule has 2 rings (SSSR count). The fourth-order valence-electron chi connectivity index (χ4n) is 2.62. The summed E-state index contributed by atoms with van der Waals surface area (Å²) >= 11 is 5.28. The molecule has 0 fully saturated rings. The van der Waals surface area contributed by atoms with Gasteiger partial charge in [0.25, 0.3) is 0 Å². The molecule has 106 valence electrons. The van der Waals surface area contributed by atoms with Gasteiger partial charge in [0.2, 0.25) is 5.91 Å². The summed E-state index contributed by atoms with van der Waals surface area (Å²) in [5.74, 6) is 1.02. The van der Waals surface area contributed by atoms with E-state index in [2.05, 4.69) is 39.6 Å². The molecule has 1 aliphatic carbocycles. The molecule has 1 N–H and O–H groups in total. The van der Waals surface area contributed by atoms with Crippen LogP contribution >= 0.6 is 27.3 Å². The van der Waals surface area contributed by atoms with Crippen molar-refractivity contribution >= 4 is 33.2 Å². The molecule has 2 atom stereocenters. The van der Waals surface area contributed by atoms with Crippen LogP contribution in [0, 0.1) is 5.92 Å². The molecule has 0 aliphatic heterocycles. The van der Waals surface area contributed by atoms with E-state index < -0.39 is 0 Å². The van der Waals surface area contributed by atoms with Crippen molar-refractivity contribution in [3.8, 4) is 0 Å². The van der Waals surface area contributed by atoms with Gasteiger partial charge in [-0.3, -0.25) is 4.79 Å². The van der Waals surface area contributed by atoms with Crippen LogP contribution in [0.4, 0.5) is 0 Å². The van der Waals surface area contributed by atoms with Crippen LogP contribution in [-0.2, 0) is 11.2 Å². The van der Waals surface area contributed by atoms with E-state index in [0.717, 1.165) is 37.6 Å². The number of nitrogens with one attached hydrogen (secondary N) is 1. The number of hydrogen-bond donors (Lipinski definition) is 1. The van der Waals surface area contributed by atoms with Crippen LogP contribution in [0.25, 0.3) is 0 Å². The topological polar surface area (TPSA) is 29.1 Å². The van der Waals surface area contributed by atoms with Gasteiger partial charge in [0.1, 0.15) is 0 Å². The molecule has 1 aromatic rings. The minimum Gasteiger partial charge on any atom is -0.356 e. The predicted octanol–water partition coefficient (Wildman–Crippen LogP) is 4.10. The normalized spacial score (nSPS) is 19.8. The number of hydrogen-bond acceptors (Lipinski definition) is 2. The molecule has 0 saturated carbocycles. The van der Waals surface area contributed by atoms with E-state index in [0.29, 0.717) is 5.92 Å². The first-order valence-electron chi connectivity index (χ1n) is 7.12. The van der Waals surface area contributed by atoms with Gasteiger partial charge in [-0.05, 0) is 55.0 Å². The summed E-state index contributed by atoms with van der Waals surface area (Å²) in [4.78, 5) is 13.7. The Morgan fingerprint density at radius 1 is 1.63 bits per heavy atom. The van der Waals surface area contributed by atoms with Crippen molar-refractivity contribution in [3.63, 3.8) is 0 Å². The Balaban J connectivity index is 1.79. The Kier molecular flexibility index (Phi) is 5.89. The minimum atomic E-state index is 0.101. The lowest BCUT2D eigenvalue weighted by Gasteiger charge is -2.22. The van der Waals surface area contributed by atoms with Crippen LogP contribution in [-0.4, -0.2) is 17.8 Å². The quantitative estimate of drug-likeness (QED) is 0.611. The fourth-order valence-corrected chi connectivity index (χ4v) is 3.93. The van der Waals surface area contributed by atoms with E-state index in [9.17, 15) is 4.79 Å². The Hall–Kier alpha value is -0.350. The number of thiophene rings is 1. The molecule has 1 aromatic heterocycles. The molecule has 19 heavy (non-hydrogen) atoms. The van der Waals surface area contributed by atoms with Crippen LogP contribution in [0.1, 0.15) is 49.0 Å². The van der Waals surface area contributed by atoms with E-state index >= 15 is 0 Å². The Labute approximate surface area is 128 Å². The third-order valence-corrected chi connectivity index (χ3v) is 5.91. The number of aryl methyl sites for hydroxylation is 1. The van der Waals surface area contributed by atoms with Gasteiger partial charge in [0.15, 0.2) is 0 Å². The molecular weight excluding hydrogens is 322 g/mol. The van der Waals surface area contributed by atoms with Crippen molar-refractivity contribution in [2.45, 2.75) is 44.9 Å². The van der Waals surface area contributed by atoms with E-state index in [-0.39, 0.29) is 11.8 Å². The SMILES string of the molecule is CC(CBr)CCCNC(=O)C1CCCc2sccc21. The van der Waals surface area contributed by atoms with Crippen molar-refractivity contribution < 1.29 is 4.79 Å². The average molecular weight is 344 g/mol. The summed E-state index contributed by atoms with van der Waals surface area (Å²) in [5.41, 5.74) is 1.28. The highest BCUT2D eigenvalue weighted by Crippen LogP contribution is 2.34. The van der Waals surface area contributed by atoms with Crippen LogP contribution in [0.5, 0.6) is 0 Å². The van der Waals surface area contributed by atoms with Crippen LogP contribution in [0.15, 0.2) is 11.4 Å². The molecule has 1 aliphatic rings. The zero-order chi connectivity index (χ0) is 13.7. The van der Waals surface area contributed by atoms with Crippen molar-refractivity contribution in [3.05, 3.63) is 21.9 Å². The van der Waals surface area contributed by atoms with Gasteiger partial charge in [-0.2, -0.15) is 0 Å². The first-order chi connectivity index (χ1) is 9.22. The Bertz CT molecular complexity index is 418. The number of carbonyl (C=O) groups excluding carboxylic acids is 1. The van der Waals surface area contributed by atoms with Crippen molar-refractivity contribution in [1.29, 1.82) is 0 Å². The maximum atomic E-state index is 12.3. The van der Waals surface area contributed by atoms with Crippen molar-refractivity contribution in [2.75, 3.05) is 11.9 Å². The lowest BCUT2D eigenvalue weighted by atomic mass is 9.87. The number of alkyl halides is 1. The molecular formula is C15H22BrNOS. The zero-order valence-corrected chi connectivity index (χ0v) is 13.9. The molecule has 0 aromatic carbocycles. The highest BCUT2D eigenvalue weighted by Gasteiger charge is 2.26. The Morgan fingerprint density at radius 3 is 3.26 bits per heavy atom. The molecule has 1 heterocycles. The van der Waals surface area contributed by atoms with Crippen LogP contribution in [0.2, 0.25) is 0 Å². The van der Waals surface area contributed by atoms with Crippen molar-refractivity contribution in [2.24, 2.45) is 5.92 Å². The molecule has 4 heteroatoms. The first kappa shape index (κ1) is 15.0. The second-order valence-electron chi connectivity index (χ2n) is 5.44. The summed E-state index contributed by atoms with van der Waals surface area (Å²) in [6.07, 6.45) is 5.54. The van der Waals surface area contributed by atoms with E-state index in [1.165, 1.54) is 16.9 Å². The van der Waals surface area contributed by atoms with Crippen molar-refractivity contribution in [1.82, 2.24) is 5.32 Å². The second kappa shape index (κ2) is 7.44. The summed E-state index contributed by atoms with van der Waals surface area (Å²) < 4.78 is 0. The molecule has 0 bridgehead atoms. The van der Waals surface area contributed by atoms with Gasteiger partial charge < -0.3 is 5.32 Å².